The molecule has 0 aliphatic heterocycles. The highest BCUT2D eigenvalue weighted by atomic mass is 15.3. The van der Waals surface area contributed by atoms with E-state index in [9.17, 15) is 0 Å². The van der Waals surface area contributed by atoms with Gasteiger partial charge in [-0.25, -0.2) is 9.97 Å². The molecule has 0 saturated heterocycles. The highest BCUT2D eigenvalue weighted by molar-refractivity contribution is 5.65. The largest absolute Gasteiger partial charge is 0.309 e. The van der Waals surface area contributed by atoms with Crippen LogP contribution in [0, 0.1) is 5.92 Å². The lowest BCUT2D eigenvalue weighted by molar-refractivity contribution is 0.507. The summed E-state index contributed by atoms with van der Waals surface area (Å²) in [6.45, 7) is 4.47. The minimum absolute atomic E-state index is 0.525. The second kappa shape index (κ2) is 7.75. The topological polar surface area (TPSA) is 85.8 Å². The second-order valence-electron chi connectivity index (χ2n) is 7.09. The van der Waals surface area contributed by atoms with Crippen LogP contribution in [0.3, 0.4) is 0 Å². The summed E-state index contributed by atoms with van der Waals surface area (Å²) in [5.74, 6) is 2.95. The van der Waals surface area contributed by atoms with Crippen molar-refractivity contribution in [2.75, 3.05) is 5.32 Å². The van der Waals surface area contributed by atoms with E-state index in [0.29, 0.717) is 11.9 Å². The van der Waals surface area contributed by atoms with Crippen LogP contribution in [0.15, 0.2) is 42.9 Å². The van der Waals surface area contributed by atoms with E-state index in [1.165, 1.54) is 12.8 Å². The summed E-state index contributed by atoms with van der Waals surface area (Å²) in [6.07, 6.45) is 8.80. The second-order valence-corrected chi connectivity index (χ2v) is 7.09. The summed E-state index contributed by atoms with van der Waals surface area (Å²) >= 11 is 0. The number of fused-ring (bicyclic) bond motifs is 1. The van der Waals surface area contributed by atoms with Crippen LogP contribution >= 0.6 is 0 Å². The lowest BCUT2D eigenvalue weighted by atomic mass is 10.0. The molecule has 0 radical (unpaired) electrons. The number of anilines is 2. The third-order valence-corrected chi connectivity index (χ3v) is 4.81. The molecule has 0 fully saturated rings. The Morgan fingerprint density at radius 2 is 2.04 bits per heavy atom. The molecule has 1 unspecified atom stereocenters. The fraction of sp³-hybridized carbons (Fsp3) is 0.350. The Balaban J connectivity index is 1.59. The van der Waals surface area contributed by atoms with Crippen LogP contribution in [-0.4, -0.2) is 34.3 Å². The van der Waals surface area contributed by atoms with Gasteiger partial charge in [0.1, 0.15) is 11.6 Å². The summed E-state index contributed by atoms with van der Waals surface area (Å²) in [6, 6.07) is 7.82. The third-order valence-electron chi connectivity index (χ3n) is 4.81. The zero-order valence-electron chi connectivity index (χ0n) is 16.4. The predicted molar refractivity (Wildman–Crippen MR) is 108 cm³/mol. The molecule has 8 heteroatoms. The van der Waals surface area contributed by atoms with Crippen LogP contribution in [0.2, 0.25) is 0 Å². The van der Waals surface area contributed by atoms with Gasteiger partial charge >= 0.3 is 0 Å². The van der Waals surface area contributed by atoms with E-state index in [1.54, 1.807) is 17.1 Å². The van der Waals surface area contributed by atoms with E-state index in [2.05, 4.69) is 48.8 Å². The average molecular weight is 376 g/mol. The lowest BCUT2D eigenvalue weighted by Gasteiger charge is -2.09. The number of aryl methyl sites for hydroxylation is 1. The summed E-state index contributed by atoms with van der Waals surface area (Å²) in [5.41, 5.74) is 2.63. The van der Waals surface area contributed by atoms with E-state index >= 15 is 0 Å². The monoisotopic (exact) mass is 376 g/mol. The third kappa shape index (κ3) is 3.71. The number of nitrogens with zero attached hydrogens (tertiary/aromatic N) is 7. The summed E-state index contributed by atoms with van der Waals surface area (Å²) < 4.78 is 3.80. The van der Waals surface area contributed by atoms with Gasteiger partial charge in [0, 0.05) is 37.5 Å². The van der Waals surface area contributed by atoms with Crippen molar-refractivity contribution in [1.82, 2.24) is 34.3 Å². The summed E-state index contributed by atoms with van der Waals surface area (Å²) in [4.78, 5) is 8.93. The molecule has 1 N–H and O–H groups in total. The van der Waals surface area contributed by atoms with Crippen molar-refractivity contribution in [3.8, 4) is 11.3 Å². The number of nitrogens with one attached hydrogen (secondary N) is 1. The first kappa shape index (κ1) is 18.1. The molecule has 0 aliphatic carbocycles. The first-order chi connectivity index (χ1) is 13.6. The molecular weight excluding hydrogens is 352 g/mol. The van der Waals surface area contributed by atoms with Crippen molar-refractivity contribution in [3.05, 3.63) is 48.7 Å². The van der Waals surface area contributed by atoms with Gasteiger partial charge in [-0.15, -0.1) is 10.2 Å². The fourth-order valence-corrected chi connectivity index (χ4v) is 3.34. The molecule has 4 rings (SSSR count). The maximum absolute atomic E-state index is 4.62. The van der Waals surface area contributed by atoms with Crippen LogP contribution in [-0.2, 0) is 13.5 Å². The Labute approximate surface area is 163 Å². The fourth-order valence-electron chi connectivity index (χ4n) is 3.34. The summed E-state index contributed by atoms with van der Waals surface area (Å²) in [7, 11) is 1.87. The lowest BCUT2D eigenvalue weighted by Crippen LogP contribution is -2.04. The molecule has 0 spiro atoms. The van der Waals surface area contributed by atoms with Crippen molar-refractivity contribution in [3.63, 3.8) is 0 Å². The number of hydrogen-bond donors (Lipinski definition) is 1. The molecule has 4 heterocycles. The van der Waals surface area contributed by atoms with Crippen molar-refractivity contribution in [2.24, 2.45) is 13.0 Å². The quantitative estimate of drug-likeness (QED) is 0.530. The molecular formula is C20H24N8. The van der Waals surface area contributed by atoms with E-state index in [-0.39, 0.29) is 0 Å². The predicted octanol–water partition coefficient (Wildman–Crippen LogP) is 3.64. The average Bonchev–Trinajstić information content (AvgIpc) is 3.28. The Bertz CT molecular complexity index is 1080. The maximum Gasteiger partial charge on any atom is 0.228 e. The Morgan fingerprint density at radius 1 is 1.14 bits per heavy atom. The van der Waals surface area contributed by atoms with Crippen LogP contribution in [0.5, 0.6) is 0 Å². The van der Waals surface area contributed by atoms with Crippen LogP contribution in [0.25, 0.3) is 16.9 Å². The highest BCUT2D eigenvalue weighted by Gasteiger charge is 2.11. The van der Waals surface area contributed by atoms with Gasteiger partial charge < -0.3 is 5.32 Å². The zero-order chi connectivity index (χ0) is 19.5. The van der Waals surface area contributed by atoms with E-state index in [4.69, 9.17) is 0 Å². The minimum Gasteiger partial charge on any atom is -0.309 e. The smallest absolute Gasteiger partial charge is 0.228 e. The molecule has 0 aromatic carbocycles. The van der Waals surface area contributed by atoms with Crippen molar-refractivity contribution in [2.45, 2.75) is 33.1 Å². The van der Waals surface area contributed by atoms with E-state index in [0.717, 1.165) is 35.0 Å². The van der Waals surface area contributed by atoms with Gasteiger partial charge in [-0.1, -0.05) is 26.7 Å². The highest BCUT2D eigenvalue weighted by Crippen LogP contribution is 2.21. The molecule has 8 nitrogen and oxygen atoms in total. The summed E-state index contributed by atoms with van der Waals surface area (Å²) in [5, 5.41) is 16.1. The Kier molecular flexibility index (Phi) is 5.01. The van der Waals surface area contributed by atoms with E-state index < -0.39 is 0 Å². The van der Waals surface area contributed by atoms with Crippen molar-refractivity contribution in [1.29, 1.82) is 0 Å². The number of aromatic nitrogens is 7. The molecule has 0 amide bonds. The number of rotatable bonds is 7. The first-order valence-corrected chi connectivity index (χ1v) is 9.56. The van der Waals surface area contributed by atoms with Gasteiger partial charge in [-0.3, -0.25) is 9.08 Å². The molecule has 144 valence electrons. The van der Waals surface area contributed by atoms with E-state index in [1.807, 2.05) is 37.5 Å². The van der Waals surface area contributed by atoms with Gasteiger partial charge in [0.25, 0.3) is 0 Å². The standard InChI is InChI=1S/C20H24N8/c1-4-5-14(2)12-18-25-26-19-13-15(8-11-28(18)19)16-6-9-21-20(23-16)24-17-7-10-22-27(17)3/h6-11,13-14H,4-5,12H2,1-3H3,(H,21,23,24). The number of pyridine rings is 1. The first-order valence-electron chi connectivity index (χ1n) is 9.56. The molecule has 0 saturated carbocycles. The normalized spacial score (nSPS) is 12.4. The molecule has 0 aliphatic rings. The SMILES string of the molecule is CCCC(C)Cc1nnc2cc(-c3ccnc(Nc4ccnn4C)n3)ccn12. The van der Waals surface area contributed by atoms with Gasteiger partial charge in [0.05, 0.1) is 11.9 Å². The molecule has 4 aromatic heterocycles. The van der Waals surface area contributed by atoms with Gasteiger partial charge in [0.15, 0.2) is 5.65 Å². The van der Waals surface area contributed by atoms with Crippen LogP contribution in [0.1, 0.15) is 32.5 Å². The molecule has 0 bridgehead atoms. The molecule has 1 atom stereocenters. The Hall–Kier alpha value is -3.29. The minimum atomic E-state index is 0.525. The zero-order valence-corrected chi connectivity index (χ0v) is 16.4. The van der Waals surface area contributed by atoms with Gasteiger partial charge in [0.2, 0.25) is 5.95 Å². The molecule has 4 aromatic rings. The maximum atomic E-state index is 4.62. The van der Waals surface area contributed by atoms with Crippen LogP contribution in [0.4, 0.5) is 11.8 Å². The van der Waals surface area contributed by atoms with Crippen molar-refractivity contribution < 1.29 is 0 Å². The van der Waals surface area contributed by atoms with Crippen molar-refractivity contribution >= 4 is 17.4 Å². The Morgan fingerprint density at radius 3 is 2.82 bits per heavy atom. The number of hydrogen-bond acceptors (Lipinski definition) is 6. The van der Waals surface area contributed by atoms with Crippen LogP contribution < -0.4 is 5.32 Å². The van der Waals surface area contributed by atoms with Gasteiger partial charge in [-0.05, 0) is 24.1 Å². The molecule has 28 heavy (non-hydrogen) atoms. The van der Waals surface area contributed by atoms with Gasteiger partial charge in [-0.2, -0.15) is 5.10 Å².